The molecule has 2 nitrogen and oxygen atoms in total. The Morgan fingerprint density at radius 1 is 1.53 bits per heavy atom. The van der Waals surface area contributed by atoms with Crippen molar-refractivity contribution in [2.45, 2.75) is 25.4 Å². The molecule has 82 valence electrons. The van der Waals surface area contributed by atoms with E-state index in [9.17, 15) is 5.11 Å². The van der Waals surface area contributed by atoms with Crippen molar-refractivity contribution in [2.75, 3.05) is 7.11 Å². The normalized spacial score (nSPS) is 17.5. The van der Waals surface area contributed by atoms with Gasteiger partial charge in [0.15, 0.2) is 0 Å². The summed E-state index contributed by atoms with van der Waals surface area (Å²) in [4.78, 5) is 0. The Balaban J connectivity index is 2.11. The van der Waals surface area contributed by atoms with E-state index >= 15 is 0 Å². The summed E-state index contributed by atoms with van der Waals surface area (Å²) in [5, 5.41) is 10.5. The summed E-state index contributed by atoms with van der Waals surface area (Å²) < 4.78 is 5.06. The van der Waals surface area contributed by atoms with E-state index < -0.39 is 6.10 Å². The maximum atomic E-state index is 9.95. The van der Waals surface area contributed by atoms with E-state index in [1.54, 1.807) is 13.2 Å². The maximum Gasteiger partial charge on any atom is 0.120 e. The Bertz CT molecular complexity index is 347. The summed E-state index contributed by atoms with van der Waals surface area (Å²) in [6.07, 6.45) is 2.87. The fourth-order valence-electron chi connectivity index (χ4n) is 1.70. The molecule has 1 aliphatic carbocycles. The van der Waals surface area contributed by atoms with Crippen LogP contribution in [0.25, 0.3) is 0 Å². The summed E-state index contributed by atoms with van der Waals surface area (Å²) >= 11 is 6.07. The molecule has 15 heavy (non-hydrogen) atoms. The number of halogens is 1. The highest BCUT2D eigenvalue weighted by molar-refractivity contribution is 6.31. The van der Waals surface area contributed by atoms with Crippen molar-refractivity contribution >= 4 is 11.6 Å². The van der Waals surface area contributed by atoms with Crippen molar-refractivity contribution in [1.82, 2.24) is 0 Å². The number of methoxy groups -OCH3 is 1. The van der Waals surface area contributed by atoms with E-state index in [1.807, 2.05) is 12.1 Å². The van der Waals surface area contributed by atoms with Crippen LogP contribution in [0.15, 0.2) is 18.2 Å². The van der Waals surface area contributed by atoms with Gasteiger partial charge in [0.1, 0.15) is 5.75 Å². The molecular formula is C12H15ClO2. The highest BCUT2D eigenvalue weighted by atomic mass is 35.5. The third-order valence-corrected chi connectivity index (χ3v) is 3.15. The highest BCUT2D eigenvalue weighted by Crippen LogP contribution is 2.39. The van der Waals surface area contributed by atoms with Crippen molar-refractivity contribution in [2.24, 2.45) is 5.92 Å². The quantitative estimate of drug-likeness (QED) is 0.855. The number of ether oxygens (including phenoxy) is 1. The minimum absolute atomic E-state index is 0.434. The third-order valence-electron chi connectivity index (χ3n) is 2.82. The molecular weight excluding hydrogens is 212 g/mol. The Kier molecular flexibility index (Phi) is 3.17. The largest absolute Gasteiger partial charge is 0.497 e. The zero-order valence-electron chi connectivity index (χ0n) is 8.74. The van der Waals surface area contributed by atoms with Crippen molar-refractivity contribution in [3.8, 4) is 5.75 Å². The molecule has 0 aromatic heterocycles. The van der Waals surface area contributed by atoms with Crippen LogP contribution < -0.4 is 4.74 Å². The minimum Gasteiger partial charge on any atom is -0.497 e. The summed E-state index contributed by atoms with van der Waals surface area (Å²) in [5.74, 6) is 1.42. The van der Waals surface area contributed by atoms with Gasteiger partial charge in [-0.05, 0) is 30.0 Å². The van der Waals surface area contributed by atoms with Crippen molar-refractivity contribution in [1.29, 1.82) is 0 Å². The lowest BCUT2D eigenvalue weighted by Gasteiger charge is -2.12. The Morgan fingerprint density at radius 2 is 2.27 bits per heavy atom. The first-order valence-electron chi connectivity index (χ1n) is 5.22. The molecule has 2 rings (SSSR count). The van der Waals surface area contributed by atoms with Crippen LogP contribution in [-0.4, -0.2) is 12.2 Å². The smallest absolute Gasteiger partial charge is 0.120 e. The van der Waals surface area contributed by atoms with E-state index in [4.69, 9.17) is 16.3 Å². The van der Waals surface area contributed by atoms with Crippen LogP contribution in [0.4, 0.5) is 0 Å². The van der Waals surface area contributed by atoms with E-state index in [2.05, 4.69) is 0 Å². The predicted molar refractivity (Wildman–Crippen MR) is 60.3 cm³/mol. The number of aliphatic hydroxyl groups excluding tert-OH is 1. The molecule has 1 aliphatic rings. The molecule has 0 bridgehead atoms. The fourth-order valence-corrected chi connectivity index (χ4v) is 2.00. The number of aliphatic hydroxyl groups is 1. The maximum absolute atomic E-state index is 9.95. The second kappa shape index (κ2) is 4.42. The van der Waals surface area contributed by atoms with Crippen molar-refractivity contribution in [3.05, 3.63) is 28.8 Å². The lowest BCUT2D eigenvalue weighted by atomic mass is 10.0. The summed E-state index contributed by atoms with van der Waals surface area (Å²) in [5.41, 5.74) is 0.810. The Hall–Kier alpha value is -0.730. The van der Waals surface area contributed by atoms with E-state index in [-0.39, 0.29) is 0 Å². The van der Waals surface area contributed by atoms with Crippen LogP contribution in [0.5, 0.6) is 5.75 Å². The second-order valence-electron chi connectivity index (χ2n) is 4.08. The number of hydrogen-bond donors (Lipinski definition) is 1. The minimum atomic E-state index is -0.434. The second-order valence-corrected chi connectivity index (χ2v) is 4.49. The van der Waals surface area contributed by atoms with Gasteiger partial charge in [-0.3, -0.25) is 0 Å². The molecule has 1 N–H and O–H groups in total. The SMILES string of the molecule is COc1ccc(C(O)CC2CC2)c(Cl)c1. The average molecular weight is 227 g/mol. The molecule has 0 saturated heterocycles. The molecule has 0 heterocycles. The van der Waals surface area contributed by atoms with Crippen LogP contribution in [0.2, 0.25) is 5.02 Å². The zero-order chi connectivity index (χ0) is 10.8. The van der Waals surface area contributed by atoms with Crippen LogP contribution in [0.1, 0.15) is 30.9 Å². The fraction of sp³-hybridized carbons (Fsp3) is 0.500. The van der Waals surface area contributed by atoms with Crippen LogP contribution in [0.3, 0.4) is 0 Å². The molecule has 0 aliphatic heterocycles. The van der Waals surface area contributed by atoms with Gasteiger partial charge in [0.05, 0.1) is 18.2 Å². The number of benzene rings is 1. The number of rotatable bonds is 4. The van der Waals surface area contributed by atoms with E-state index in [0.29, 0.717) is 10.9 Å². The monoisotopic (exact) mass is 226 g/mol. The van der Waals surface area contributed by atoms with Crippen LogP contribution >= 0.6 is 11.6 Å². The Morgan fingerprint density at radius 3 is 2.80 bits per heavy atom. The van der Waals surface area contributed by atoms with Gasteiger partial charge in [-0.1, -0.05) is 30.5 Å². The van der Waals surface area contributed by atoms with Gasteiger partial charge in [0, 0.05) is 0 Å². The van der Waals surface area contributed by atoms with Gasteiger partial charge in [0.2, 0.25) is 0 Å². The predicted octanol–water partition coefficient (Wildman–Crippen LogP) is 3.18. The molecule has 1 saturated carbocycles. The molecule has 3 heteroatoms. The molecule has 1 atom stereocenters. The highest BCUT2D eigenvalue weighted by Gasteiger charge is 2.26. The lowest BCUT2D eigenvalue weighted by molar-refractivity contribution is 0.160. The van der Waals surface area contributed by atoms with Gasteiger partial charge in [-0.25, -0.2) is 0 Å². The molecule has 0 radical (unpaired) electrons. The Labute approximate surface area is 94.8 Å². The standard InChI is InChI=1S/C12H15ClO2/c1-15-9-4-5-10(11(13)7-9)12(14)6-8-2-3-8/h4-5,7-8,12,14H,2-3,6H2,1H3. The van der Waals surface area contributed by atoms with Crippen molar-refractivity contribution in [3.63, 3.8) is 0 Å². The summed E-state index contributed by atoms with van der Waals surface area (Å²) in [6.45, 7) is 0. The van der Waals surface area contributed by atoms with Gasteiger partial charge in [0.25, 0.3) is 0 Å². The van der Waals surface area contributed by atoms with Gasteiger partial charge in [-0.15, -0.1) is 0 Å². The zero-order valence-corrected chi connectivity index (χ0v) is 9.50. The van der Waals surface area contributed by atoms with Crippen LogP contribution in [0, 0.1) is 5.92 Å². The average Bonchev–Trinajstić information content (AvgIpc) is 3.01. The molecule has 1 aromatic carbocycles. The van der Waals surface area contributed by atoms with E-state index in [1.165, 1.54) is 12.8 Å². The number of hydrogen-bond acceptors (Lipinski definition) is 2. The van der Waals surface area contributed by atoms with Gasteiger partial charge >= 0.3 is 0 Å². The molecule has 1 aromatic rings. The topological polar surface area (TPSA) is 29.5 Å². The van der Waals surface area contributed by atoms with Crippen LogP contribution in [-0.2, 0) is 0 Å². The lowest BCUT2D eigenvalue weighted by Crippen LogP contribution is -1.99. The molecule has 0 amide bonds. The third kappa shape index (κ3) is 2.64. The molecule has 1 unspecified atom stereocenters. The summed E-state index contributed by atoms with van der Waals surface area (Å²) in [6, 6.07) is 5.42. The first-order chi connectivity index (χ1) is 7.20. The molecule has 0 spiro atoms. The first kappa shape index (κ1) is 10.8. The molecule has 1 fully saturated rings. The van der Waals surface area contributed by atoms with Gasteiger partial charge in [-0.2, -0.15) is 0 Å². The first-order valence-corrected chi connectivity index (χ1v) is 5.60. The van der Waals surface area contributed by atoms with Crippen molar-refractivity contribution < 1.29 is 9.84 Å². The van der Waals surface area contributed by atoms with E-state index in [0.717, 1.165) is 17.7 Å². The summed E-state index contributed by atoms with van der Waals surface area (Å²) in [7, 11) is 1.60. The van der Waals surface area contributed by atoms with Gasteiger partial charge < -0.3 is 9.84 Å².